The second kappa shape index (κ2) is 6.54. The standard InChI is InChI=1S/C15H17N3O/c1-13(17-19)11-18(15-8-3-2-4-9-15)12-14-7-5-6-10-16-14/h2-10,19H,11-12H2,1H3. The Bertz CT molecular complexity index is 526. The van der Waals surface area contributed by atoms with Crippen LogP contribution in [0.25, 0.3) is 0 Å². The van der Waals surface area contributed by atoms with E-state index in [0.717, 1.165) is 11.4 Å². The van der Waals surface area contributed by atoms with Crippen LogP contribution in [0, 0.1) is 0 Å². The zero-order valence-corrected chi connectivity index (χ0v) is 10.9. The average molecular weight is 255 g/mol. The van der Waals surface area contributed by atoms with Crippen LogP contribution in [0.15, 0.2) is 59.9 Å². The van der Waals surface area contributed by atoms with Gasteiger partial charge in [-0.3, -0.25) is 4.98 Å². The molecule has 0 atom stereocenters. The first-order valence-corrected chi connectivity index (χ1v) is 6.17. The molecular weight excluding hydrogens is 238 g/mol. The number of aromatic nitrogens is 1. The van der Waals surface area contributed by atoms with Crippen LogP contribution in [0.3, 0.4) is 0 Å². The SMILES string of the molecule is CC(CN(Cc1ccccn1)c1ccccc1)=NO. The smallest absolute Gasteiger partial charge is 0.0732 e. The van der Waals surface area contributed by atoms with E-state index in [9.17, 15) is 0 Å². The minimum Gasteiger partial charge on any atom is -0.411 e. The number of anilines is 1. The lowest BCUT2D eigenvalue weighted by molar-refractivity contribution is 0.318. The van der Waals surface area contributed by atoms with E-state index < -0.39 is 0 Å². The largest absolute Gasteiger partial charge is 0.411 e. The lowest BCUT2D eigenvalue weighted by Crippen LogP contribution is -2.28. The third-order valence-corrected chi connectivity index (χ3v) is 2.79. The van der Waals surface area contributed by atoms with Crippen LogP contribution < -0.4 is 4.90 Å². The third kappa shape index (κ3) is 3.81. The molecule has 2 aromatic rings. The molecule has 98 valence electrons. The molecule has 0 radical (unpaired) electrons. The first-order valence-electron chi connectivity index (χ1n) is 6.17. The van der Waals surface area contributed by atoms with Crippen molar-refractivity contribution in [3.05, 3.63) is 60.4 Å². The first kappa shape index (κ1) is 13.1. The molecule has 4 nitrogen and oxygen atoms in total. The van der Waals surface area contributed by atoms with Gasteiger partial charge < -0.3 is 10.1 Å². The molecule has 0 aliphatic heterocycles. The van der Waals surface area contributed by atoms with Crippen molar-refractivity contribution in [1.82, 2.24) is 4.98 Å². The molecule has 0 saturated carbocycles. The van der Waals surface area contributed by atoms with E-state index in [1.165, 1.54) is 0 Å². The van der Waals surface area contributed by atoms with E-state index in [1.54, 1.807) is 13.1 Å². The number of hydrogen-bond donors (Lipinski definition) is 1. The molecule has 0 aliphatic carbocycles. The topological polar surface area (TPSA) is 48.7 Å². The summed E-state index contributed by atoms with van der Waals surface area (Å²) in [5.74, 6) is 0. The summed E-state index contributed by atoms with van der Waals surface area (Å²) < 4.78 is 0. The predicted octanol–water partition coefficient (Wildman–Crippen LogP) is 2.94. The molecule has 1 heterocycles. The average Bonchev–Trinajstić information content (AvgIpc) is 2.48. The van der Waals surface area contributed by atoms with Crippen molar-refractivity contribution in [3.8, 4) is 0 Å². The summed E-state index contributed by atoms with van der Waals surface area (Å²) in [4.78, 5) is 6.46. The summed E-state index contributed by atoms with van der Waals surface area (Å²) in [6.45, 7) is 3.04. The Morgan fingerprint density at radius 1 is 1.16 bits per heavy atom. The van der Waals surface area contributed by atoms with Gasteiger partial charge in [0.05, 0.1) is 24.5 Å². The fourth-order valence-corrected chi connectivity index (χ4v) is 1.87. The van der Waals surface area contributed by atoms with Gasteiger partial charge >= 0.3 is 0 Å². The summed E-state index contributed by atoms with van der Waals surface area (Å²) in [5.41, 5.74) is 2.73. The Morgan fingerprint density at radius 3 is 2.53 bits per heavy atom. The number of hydrogen-bond acceptors (Lipinski definition) is 4. The molecule has 0 amide bonds. The van der Waals surface area contributed by atoms with Crippen LogP contribution in [0.5, 0.6) is 0 Å². The Morgan fingerprint density at radius 2 is 1.89 bits per heavy atom. The minimum absolute atomic E-state index is 0.567. The fourth-order valence-electron chi connectivity index (χ4n) is 1.87. The van der Waals surface area contributed by atoms with E-state index >= 15 is 0 Å². The van der Waals surface area contributed by atoms with Crippen LogP contribution in [-0.2, 0) is 6.54 Å². The van der Waals surface area contributed by atoms with Gasteiger partial charge in [-0.2, -0.15) is 0 Å². The van der Waals surface area contributed by atoms with Crippen molar-refractivity contribution in [2.45, 2.75) is 13.5 Å². The highest BCUT2D eigenvalue weighted by atomic mass is 16.4. The molecule has 1 aromatic heterocycles. The van der Waals surface area contributed by atoms with Gasteiger partial charge in [0.25, 0.3) is 0 Å². The molecule has 1 aromatic carbocycles. The van der Waals surface area contributed by atoms with E-state index in [1.807, 2.05) is 48.5 Å². The van der Waals surface area contributed by atoms with Crippen molar-refractivity contribution in [1.29, 1.82) is 0 Å². The van der Waals surface area contributed by atoms with Gasteiger partial charge in [0, 0.05) is 11.9 Å². The van der Waals surface area contributed by atoms with Crippen LogP contribution >= 0.6 is 0 Å². The lowest BCUT2D eigenvalue weighted by atomic mass is 10.2. The number of benzene rings is 1. The van der Waals surface area contributed by atoms with Crippen molar-refractivity contribution < 1.29 is 5.21 Å². The van der Waals surface area contributed by atoms with Crippen LogP contribution in [0.4, 0.5) is 5.69 Å². The highest BCUT2D eigenvalue weighted by Gasteiger charge is 2.09. The molecule has 0 unspecified atom stereocenters. The van der Waals surface area contributed by atoms with Crippen LogP contribution in [-0.4, -0.2) is 22.4 Å². The zero-order chi connectivity index (χ0) is 13.5. The van der Waals surface area contributed by atoms with E-state index in [0.29, 0.717) is 18.8 Å². The van der Waals surface area contributed by atoms with Gasteiger partial charge in [-0.15, -0.1) is 0 Å². The summed E-state index contributed by atoms with van der Waals surface area (Å²) in [7, 11) is 0. The summed E-state index contributed by atoms with van der Waals surface area (Å²) in [6.07, 6.45) is 1.78. The fraction of sp³-hybridized carbons (Fsp3) is 0.200. The first-order chi connectivity index (χ1) is 9.29. The number of pyridine rings is 1. The molecule has 0 aliphatic rings. The summed E-state index contributed by atoms with van der Waals surface area (Å²) in [5, 5.41) is 12.1. The second-order valence-electron chi connectivity index (χ2n) is 4.35. The summed E-state index contributed by atoms with van der Waals surface area (Å²) in [6, 6.07) is 15.9. The Hall–Kier alpha value is -2.36. The van der Waals surface area contributed by atoms with Gasteiger partial charge in [0.15, 0.2) is 0 Å². The second-order valence-corrected chi connectivity index (χ2v) is 4.35. The molecule has 1 N–H and O–H groups in total. The van der Waals surface area contributed by atoms with Crippen molar-refractivity contribution in [2.75, 3.05) is 11.4 Å². The highest BCUT2D eigenvalue weighted by molar-refractivity contribution is 5.86. The van der Waals surface area contributed by atoms with Crippen molar-refractivity contribution in [3.63, 3.8) is 0 Å². The number of rotatable bonds is 5. The van der Waals surface area contributed by atoms with Crippen LogP contribution in [0.1, 0.15) is 12.6 Å². The van der Waals surface area contributed by atoms with E-state index in [4.69, 9.17) is 5.21 Å². The van der Waals surface area contributed by atoms with Gasteiger partial charge in [0.2, 0.25) is 0 Å². The highest BCUT2D eigenvalue weighted by Crippen LogP contribution is 2.15. The number of oxime groups is 1. The maximum Gasteiger partial charge on any atom is 0.0732 e. The third-order valence-electron chi connectivity index (χ3n) is 2.79. The van der Waals surface area contributed by atoms with E-state index in [2.05, 4.69) is 15.0 Å². The predicted molar refractivity (Wildman–Crippen MR) is 76.6 cm³/mol. The van der Waals surface area contributed by atoms with Crippen molar-refractivity contribution >= 4 is 11.4 Å². The molecule has 0 fully saturated rings. The number of nitrogens with zero attached hydrogens (tertiary/aromatic N) is 3. The van der Waals surface area contributed by atoms with E-state index in [-0.39, 0.29) is 0 Å². The number of para-hydroxylation sites is 1. The molecule has 19 heavy (non-hydrogen) atoms. The van der Waals surface area contributed by atoms with Gasteiger partial charge in [0.1, 0.15) is 0 Å². The van der Waals surface area contributed by atoms with Crippen molar-refractivity contribution in [2.24, 2.45) is 5.16 Å². The normalized spacial score (nSPS) is 11.3. The van der Waals surface area contributed by atoms with Gasteiger partial charge in [-0.25, -0.2) is 0 Å². The molecule has 0 saturated heterocycles. The Kier molecular flexibility index (Phi) is 4.50. The van der Waals surface area contributed by atoms with Crippen LogP contribution in [0.2, 0.25) is 0 Å². The maximum absolute atomic E-state index is 8.84. The monoisotopic (exact) mass is 255 g/mol. The zero-order valence-electron chi connectivity index (χ0n) is 10.9. The summed E-state index contributed by atoms with van der Waals surface area (Å²) >= 11 is 0. The Balaban J connectivity index is 2.20. The molecule has 0 spiro atoms. The molecule has 0 bridgehead atoms. The molecular formula is C15H17N3O. The quantitative estimate of drug-likeness (QED) is 0.507. The molecule has 4 heteroatoms. The maximum atomic E-state index is 8.84. The van der Waals surface area contributed by atoms with Gasteiger partial charge in [-0.05, 0) is 31.2 Å². The molecule has 2 rings (SSSR count). The Labute approximate surface area is 113 Å². The van der Waals surface area contributed by atoms with Gasteiger partial charge in [-0.1, -0.05) is 29.4 Å². The lowest BCUT2D eigenvalue weighted by Gasteiger charge is -2.24. The minimum atomic E-state index is 0.567.